The number of rotatable bonds is 7. The number of unbranched alkanes of at least 4 members (excludes halogenated alkanes) is 1. The van der Waals surface area contributed by atoms with Crippen molar-refractivity contribution in [2.75, 3.05) is 40.0 Å². The lowest BCUT2D eigenvalue weighted by Gasteiger charge is -2.42. The normalized spacial score (nSPS) is 23.8. The van der Waals surface area contributed by atoms with E-state index >= 15 is 0 Å². The molecule has 1 saturated heterocycles. The van der Waals surface area contributed by atoms with Gasteiger partial charge in [-0.25, -0.2) is 0 Å². The molecule has 0 aromatic rings. The number of nitrogens with zero attached hydrogens (tertiary/aromatic N) is 1. The number of aliphatic hydroxyl groups excluding tert-OH is 1. The fourth-order valence-corrected chi connectivity index (χ4v) is 2.41. The highest BCUT2D eigenvalue weighted by molar-refractivity contribution is 4.85. The monoisotopic (exact) mass is 258 g/mol. The molecule has 0 aromatic carbocycles. The van der Waals surface area contributed by atoms with Crippen LogP contribution in [0.2, 0.25) is 0 Å². The molecule has 0 saturated carbocycles. The van der Waals surface area contributed by atoms with Crippen molar-refractivity contribution in [3.05, 3.63) is 0 Å². The third-order valence-electron chi connectivity index (χ3n) is 4.18. The van der Waals surface area contributed by atoms with E-state index in [9.17, 15) is 5.11 Å². The Morgan fingerprint density at radius 1 is 1.39 bits per heavy atom. The summed E-state index contributed by atoms with van der Waals surface area (Å²) in [6.45, 7) is 10.6. The molecule has 0 aromatic heterocycles. The number of morpholine rings is 1. The molecule has 0 amide bonds. The topological polar surface area (TPSA) is 44.7 Å². The fourth-order valence-electron chi connectivity index (χ4n) is 2.41. The Hall–Kier alpha value is -0.160. The first kappa shape index (κ1) is 15.9. The molecule has 1 atom stereocenters. The smallest absolute Gasteiger partial charge is 0.0645 e. The van der Waals surface area contributed by atoms with Gasteiger partial charge in [0, 0.05) is 17.6 Å². The standard InChI is InChI=1S/C14H30N2O2/c1-13(2)12-18-10-9-16(13)8-6-5-7-14(3,11-17)15-4/h15,17H,5-12H2,1-4H3. The van der Waals surface area contributed by atoms with Crippen LogP contribution in [0, 0.1) is 0 Å². The Bertz CT molecular complexity index is 240. The minimum Gasteiger partial charge on any atom is -0.394 e. The molecular formula is C14H30N2O2. The molecule has 108 valence electrons. The molecule has 0 spiro atoms. The van der Waals surface area contributed by atoms with E-state index in [0.29, 0.717) is 0 Å². The Kier molecular flexibility index (Phi) is 6.05. The molecule has 1 fully saturated rings. The van der Waals surface area contributed by atoms with Crippen molar-refractivity contribution in [3.63, 3.8) is 0 Å². The quantitative estimate of drug-likeness (QED) is 0.674. The summed E-state index contributed by atoms with van der Waals surface area (Å²) in [6, 6.07) is 0. The highest BCUT2D eigenvalue weighted by atomic mass is 16.5. The van der Waals surface area contributed by atoms with Gasteiger partial charge in [-0.1, -0.05) is 6.42 Å². The number of likely N-dealkylation sites (N-methyl/N-ethyl adjacent to an activating group) is 1. The van der Waals surface area contributed by atoms with Crippen LogP contribution in [0.15, 0.2) is 0 Å². The van der Waals surface area contributed by atoms with Crippen molar-refractivity contribution in [1.29, 1.82) is 0 Å². The largest absolute Gasteiger partial charge is 0.394 e. The highest BCUT2D eigenvalue weighted by Crippen LogP contribution is 2.20. The van der Waals surface area contributed by atoms with Crippen LogP contribution in [-0.2, 0) is 4.74 Å². The van der Waals surface area contributed by atoms with Gasteiger partial charge in [-0.2, -0.15) is 0 Å². The van der Waals surface area contributed by atoms with E-state index in [1.165, 1.54) is 6.42 Å². The molecule has 1 unspecified atom stereocenters. The average Bonchev–Trinajstić information content (AvgIpc) is 2.35. The third kappa shape index (κ3) is 4.50. The van der Waals surface area contributed by atoms with Gasteiger partial charge in [-0.15, -0.1) is 0 Å². The Morgan fingerprint density at radius 3 is 2.67 bits per heavy atom. The molecule has 1 aliphatic heterocycles. The van der Waals surface area contributed by atoms with Gasteiger partial charge in [0.25, 0.3) is 0 Å². The summed E-state index contributed by atoms with van der Waals surface area (Å²) in [7, 11) is 1.92. The summed E-state index contributed by atoms with van der Waals surface area (Å²) in [4.78, 5) is 2.52. The van der Waals surface area contributed by atoms with Crippen molar-refractivity contribution < 1.29 is 9.84 Å². The average molecular weight is 258 g/mol. The second-order valence-electron chi connectivity index (χ2n) is 6.28. The minimum atomic E-state index is -0.124. The molecule has 2 N–H and O–H groups in total. The molecule has 4 heteroatoms. The summed E-state index contributed by atoms with van der Waals surface area (Å²) in [5.74, 6) is 0. The second kappa shape index (κ2) is 6.85. The van der Waals surface area contributed by atoms with Gasteiger partial charge in [0.15, 0.2) is 0 Å². The lowest BCUT2D eigenvalue weighted by atomic mass is 9.95. The maximum Gasteiger partial charge on any atom is 0.0645 e. The van der Waals surface area contributed by atoms with Gasteiger partial charge >= 0.3 is 0 Å². The summed E-state index contributed by atoms with van der Waals surface area (Å²) in [5.41, 5.74) is 0.0437. The molecule has 0 bridgehead atoms. The van der Waals surface area contributed by atoms with Crippen molar-refractivity contribution in [1.82, 2.24) is 10.2 Å². The SMILES string of the molecule is CNC(C)(CO)CCCCN1CCOCC1(C)C. The first-order valence-electron chi connectivity index (χ1n) is 7.06. The van der Waals surface area contributed by atoms with E-state index in [4.69, 9.17) is 4.74 Å². The predicted octanol–water partition coefficient (Wildman–Crippen LogP) is 1.24. The van der Waals surface area contributed by atoms with Gasteiger partial charge in [0.1, 0.15) is 0 Å². The van der Waals surface area contributed by atoms with E-state index in [0.717, 1.165) is 39.1 Å². The van der Waals surface area contributed by atoms with Gasteiger partial charge in [-0.3, -0.25) is 4.90 Å². The maximum atomic E-state index is 9.33. The predicted molar refractivity (Wildman–Crippen MR) is 74.9 cm³/mol. The van der Waals surface area contributed by atoms with Crippen LogP contribution in [0.25, 0.3) is 0 Å². The number of hydrogen-bond donors (Lipinski definition) is 2. The molecule has 0 aliphatic carbocycles. The summed E-state index contributed by atoms with van der Waals surface area (Å²) in [6.07, 6.45) is 3.34. The van der Waals surface area contributed by atoms with Gasteiger partial charge in [0.05, 0.1) is 19.8 Å². The van der Waals surface area contributed by atoms with E-state index < -0.39 is 0 Å². The zero-order valence-electron chi connectivity index (χ0n) is 12.5. The Balaban J connectivity index is 2.25. The number of aliphatic hydroxyl groups is 1. The van der Waals surface area contributed by atoms with Crippen molar-refractivity contribution in [3.8, 4) is 0 Å². The fraction of sp³-hybridized carbons (Fsp3) is 1.00. The zero-order chi connectivity index (χ0) is 13.6. The highest BCUT2D eigenvalue weighted by Gasteiger charge is 2.30. The Labute approximate surface area is 112 Å². The van der Waals surface area contributed by atoms with Crippen molar-refractivity contribution in [2.24, 2.45) is 0 Å². The summed E-state index contributed by atoms with van der Waals surface area (Å²) < 4.78 is 5.53. The second-order valence-corrected chi connectivity index (χ2v) is 6.28. The minimum absolute atomic E-state index is 0.124. The van der Waals surface area contributed by atoms with Gasteiger partial charge in [0.2, 0.25) is 0 Å². The zero-order valence-corrected chi connectivity index (χ0v) is 12.5. The maximum absolute atomic E-state index is 9.33. The number of nitrogens with one attached hydrogen (secondary N) is 1. The number of ether oxygens (including phenoxy) is 1. The third-order valence-corrected chi connectivity index (χ3v) is 4.18. The lowest BCUT2D eigenvalue weighted by Crippen LogP contribution is -2.53. The first-order valence-corrected chi connectivity index (χ1v) is 7.06. The van der Waals surface area contributed by atoms with Crippen LogP contribution in [0.4, 0.5) is 0 Å². The van der Waals surface area contributed by atoms with Gasteiger partial charge in [-0.05, 0) is 47.2 Å². The number of hydrogen-bond acceptors (Lipinski definition) is 4. The van der Waals surface area contributed by atoms with Crippen LogP contribution in [0.3, 0.4) is 0 Å². The van der Waals surface area contributed by atoms with E-state index in [1.807, 2.05) is 7.05 Å². The van der Waals surface area contributed by atoms with Crippen molar-refractivity contribution >= 4 is 0 Å². The molecular weight excluding hydrogens is 228 g/mol. The van der Waals surface area contributed by atoms with Crippen molar-refractivity contribution in [2.45, 2.75) is 51.1 Å². The molecule has 1 heterocycles. The lowest BCUT2D eigenvalue weighted by molar-refractivity contribution is -0.0515. The van der Waals surface area contributed by atoms with Crippen LogP contribution in [0.1, 0.15) is 40.0 Å². The van der Waals surface area contributed by atoms with Crippen LogP contribution >= 0.6 is 0 Å². The van der Waals surface area contributed by atoms with Crippen LogP contribution < -0.4 is 5.32 Å². The summed E-state index contributed by atoms with van der Waals surface area (Å²) >= 11 is 0. The van der Waals surface area contributed by atoms with E-state index in [-0.39, 0.29) is 17.7 Å². The molecule has 4 nitrogen and oxygen atoms in total. The van der Waals surface area contributed by atoms with E-state index in [1.54, 1.807) is 0 Å². The molecule has 18 heavy (non-hydrogen) atoms. The van der Waals surface area contributed by atoms with E-state index in [2.05, 4.69) is 31.0 Å². The van der Waals surface area contributed by atoms with Crippen LogP contribution in [0.5, 0.6) is 0 Å². The first-order chi connectivity index (χ1) is 8.43. The van der Waals surface area contributed by atoms with Gasteiger partial charge < -0.3 is 15.2 Å². The molecule has 0 radical (unpaired) electrons. The molecule has 1 aliphatic rings. The molecule has 1 rings (SSSR count). The summed E-state index contributed by atoms with van der Waals surface area (Å²) in [5, 5.41) is 12.5. The van der Waals surface area contributed by atoms with Crippen LogP contribution in [-0.4, -0.2) is 61.0 Å². The Morgan fingerprint density at radius 2 is 2.11 bits per heavy atom.